The molecule has 0 aromatic heterocycles. The maximum absolute atomic E-state index is 13.0. The minimum Gasteiger partial charge on any atom is -0.503 e. The summed E-state index contributed by atoms with van der Waals surface area (Å²) < 4.78 is 44.5. The molecule has 1 aliphatic heterocycles. The Kier molecular flexibility index (Phi) is 5.74. The molecule has 2 aromatic rings. The van der Waals surface area contributed by atoms with E-state index in [1.54, 1.807) is 6.07 Å². The maximum Gasteiger partial charge on any atom is 0.416 e. The first kappa shape index (κ1) is 20.7. The molecule has 1 heterocycles. The van der Waals surface area contributed by atoms with Crippen LogP contribution in [0.3, 0.4) is 0 Å². The van der Waals surface area contributed by atoms with Crippen LogP contribution in [-0.2, 0) is 11.0 Å². The molecule has 1 aliphatic rings. The molecule has 0 radical (unpaired) electrons. The lowest BCUT2D eigenvalue weighted by Crippen LogP contribution is -2.27. The number of benzene rings is 2. The van der Waals surface area contributed by atoms with Gasteiger partial charge in [0.05, 0.1) is 27.7 Å². The highest BCUT2D eigenvalue weighted by Gasteiger charge is 2.36. The number of alkyl halides is 3. The minimum atomic E-state index is -4.53. The number of nitrogens with zero attached hydrogens (tertiary/aromatic N) is 1. The van der Waals surface area contributed by atoms with E-state index < -0.39 is 17.6 Å². The quantitative estimate of drug-likeness (QED) is 0.449. The van der Waals surface area contributed by atoms with Gasteiger partial charge in [-0.05, 0) is 57.9 Å². The number of ether oxygens (including phenoxy) is 1. The van der Waals surface area contributed by atoms with E-state index in [1.165, 1.54) is 31.4 Å². The Hall–Kier alpha value is -2.04. The van der Waals surface area contributed by atoms with E-state index in [9.17, 15) is 23.1 Å². The summed E-state index contributed by atoms with van der Waals surface area (Å²) in [5, 5.41) is 9.87. The van der Waals surface area contributed by atoms with Gasteiger partial charge in [0.1, 0.15) is 0 Å². The number of hydrogen-bond acceptors (Lipinski definition) is 5. The van der Waals surface area contributed by atoms with Crippen LogP contribution in [0.25, 0.3) is 6.08 Å². The zero-order chi connectivity index (χ0) is 20.6. The topological polar surface area (TPSA) is 49.8 Å². The number of carbonyl (C=O) groups excluding carboxylic acids is 1. The van der Waals surface area contributed by atoms with Crippen LogP contribution in [0.1, 0.15) is 11.1 Å². The lowest BCUT2D eigenvalue weighted by Gasteiger charge is -2.16. The zero-order valence-corrected chi connectivity index (χ0v) is 17.3. The largest absolute Gasteiger partial charge is 0.503 e. The van der Waals surface area contributed by atoms with Gasteiger partial charge in [-0.2, -0.15) is 13.2 Å². The van der Waals surface area contributed by atoms with E-state index in [0.717, 1.165) is 28.8 Å². The van der Waals surface area contributed by atoms with Crippen molar-refractivity contribution >= 4 is 61.9 Å². The first-order valence-electron chi connectivity index (χ1n) is 7.63. The lowest BCUT2D eigenvalue weighted by molar-refractivity contribution is -0.137. The molecule has 1 amide bonds. The van der Waals surface area contributed by atoms with E-state index >= 15 is 0 Å². The molecule has 0 spiro atoms. The second-order valence-corrected chi connectivity index (χ2v) is 8.15. The van der Waals surface area contributed by atoms with Crippen molar-refractivity contribution in [3.8, 4) is 11.5 Å². The standard InChI is InChI=1S/C18H11BrF3NO3S2/c1-26-13-6-9(5-12(19)15(13)24)7-14-16(25)23(17(27)28-14)11-4-2-3-10(8-11)18(20,21)22/h2-8,24H,1H3/b14-7+. The van der Waals surface area contributed by atoms with Crippen molar-refractivity contribution < 1.29 is 27.8 Å². The fraction of sp³-hybridized carbons (Fsp3) is 0.111. The summed E-state index contributed by atoms with van der Waals surface area (Å²) in [6, 6.07) is 7.53. The summed E-state index contributed by atoms with van der Waals surface area (Å²) in [6.07, 6.45) is -3.00. The Morgan fingerprint density at radius 2 is 2.00 bits per heavy atom. The van der Waals surface area contributed by atoms with Crippen molar-refractivity contribution in [3.05, 3.63) is 56.9 Å². The van der Waals surface area contributed by atoms with Gasteiger partial charge < -0.3 is 9.84 Å². The van der Waals surface area contributed by atoms with Crippen molar-refractivity contribution in [2.24, 2.45) is 0 Å². The molecule has 0 atom stereocenters. The van der Waals surface area contributed by atoms with Gasteiger partial charge >= 0.3 is 6.18 Å². The number of phenolic OH excluding ortho intramolecular Hbond substituents is 1. The number of amides is 1. The number of thiocarbonyl (C=S) groups is 1. The van der Waals surface area contributed by atoms with Crippen LogP contribution in [0.5, 0.6) is 11.5 Å². The Balaban J connectivity index is 1.97. The Labute approximate surface area is 176 Å². The molecule has 10 heteroatoms. The van der Waals surface area contributed by atoms with Crippen molar-refractivity contribution in [1.82, 2.24) is 0 Å². The minimum absolute atomic E-state index is 0.0465. The average molecular weight is 490 g/mol. The lowest BCUT2D eigenvalue weighted by atomic mass is 10.1. The summed E-state index contributed by atoms with van der Waals surface area (Å²) in [7, 11) is 1.39. The number of phenols is 1. The molecule has 2 aromatic carbocycles. The van der Waals surface area contributed by atoms with Crippen LogP contribution in [0.15, 0.2) is 45.8 Å². The number of anilines is 1. The fourth-order valence-electron chi connectivity index (χ4n) is 2.50. The van der Waals surface area contributed by atoms with Gasteiger partial charge in [-0.3, -0.25) is 9.69 Å². The van der Waals surface area contributed by atoms with Crippen molar-refractivity contribution in [1.29, 1.82) is 0 Å². The molecule has 3 rings (SSSR count). The van der Waals surface area contributed by atoms with E-state index in [0.29, 0.717) is 10.0 Å². The number of rotatable bonds is 3. The zero-order valence-electron chi connectivity index (χ0n) is 14.1. The van der Waals surface area contributed by atoms with E-state index in [4.69, 9.17) is 17.0 Å². The van der Waals surface area contributed by atoms with Crippen LogP contribution in [0.4, 0.5) is 18.9 Å². The third kappa shape index (κ3) is 4.03. The highest BCUT2D eigenvalue weighted by molar-refractivity contribution is 9.10. The van der Waals surface area contributed by atoms with Crippen LogP contribution in [0, 0.1) is 0 Å². The van der Waals surface area contributed by atoms with Crippen LogP contribution in [0.2, 0.25) is 0 Å². The fourth-order valence-corrected chi connectivity index (χ4v) is 4.25. The molecule has 1 saturated heterocycles. The van der Waals surface area contributed by atoms with Gasteiger partial charge in [-0.15, -0.1) is 0 Å². The second-order valence-electron chi connectivity index (χ2n) is 5.62. The Morgan fingerprint density at radius 1 is 1.29 bits per heavy atom. The average Bonchev–Trinajstić information content (AvgIpc) is 2.90. The normalized spacial score (nSPS) is 16.2. The van der Waals surface area contributed by atoms with Crippen molar-refractivity contribution in [2.45, 2.75) is 6.18 Å². The van der Waals surface area contributed by atoms with E-state index in [1.807, 2.05) is 0 Å². The van der Waals surface area contributed by atoms with Crippen molar-refractivity contribution in [3.63, 3.8) is 0 Å². The molecule has 0 aliphatic carbocycles. The number of halogens is 4. The second kappa shape index (κ2) is 7.76. The molecule has 1 N–H and O–H groups in total. The van der Waals surface area contributed by atoms with Gasteiger partial charge in [0.15, 0.2) is 15.8 Å². The van der Waals surface area contributed by atoms with Crippen LogP contribution >= 0.6 is 39.9 Å². The first-order valence-corrected chi connectivity index (χ1v) is 9.65. The third-order valence-corrected chi connectivity index (χ3v) is 5.70. The molecular weight excluding hydrogens is 479 g/mol. The molecule has 0 unspecified atom stereocenters. The summed E-state index contributed by atoms with van der Waals surface area (Å²) in [6.45, 7) is 0. The number of thioether (sulfide) groups is 1. The monoisotopic (exact) mass is 489 g/mol. The third-order valence-electron chi connectivity index (χ3n) is 3.79. The smallest absolute Gasteiger partial charge is 0.416 e. The molecule has 28 heavy (non-hydrogen) atoms. The summed E-state index contributed by atoms with van der Waals surface area (Å²) >= 11 is 9.37. The first-order chi connectivity index (χ1) is 13.1. The summed E-state index contributed by atoms with van der Waals surface area (Å²) in [4.78, 5) is 14.1. The van der Waals surface area contributed by atoms with Gasteiger partial charge in [0, 0.05) is 0 Å². The Morgan fingerprint density at radius 3 is 2.64 bits per heavy atom. The van der Waals surface area contributed by atoms with Gasteiger partial charge in [0.2, 0.25) is 0 Å². The van der Waals surface area contributed by atoms with Crippen LogP contribution in [-0.4, -0.2) is 22.4 Å². The van der Waals surface area contributed by atoms with Gasteiger partial charge in [-0.25, -0.2) is 0 Å². The predicted octanol–water partition coefficient (Wildman–Crippen LogP) is 5.59. The van der Waals surface area contributed by atoms with E-state index in [2.05, 4.69) is 15.9 Å². The summed E-state index contributed by atoms with van der Waals surface area (Å²) in [5.74, 6) is -0.414. The molecule has 146 valence electrons. The van der Waals surface area contributed by atoms with Crippen LogP contribution < -0.4 is 9.64 Å². The van der Waals surface area contributed by atoms with Crippen molar-refractivity contribution in [2.75, 3.05) is 12.0 Å². The number of hydrogen-bond donors (Lipinski definition) is 1. The number of methoxy groups -OCH3 is 1. The number of aromatic hydroxyl groups is 1. The predicted molar refractivity (Wildman–Crippen MR) is 109 cm³/mol. The SMILES string of the molecule is COc1cc(/C=C2/SC(=S)N(c3cccc(C(F)(F)F)c3)C2=O)cc(Br)c1O. The summed E-state index contributed by atoms with van der Waals surface area (Å²) in [5.41, 5.74) is -0.272. The molecule has 4 nitrogen and oxygen atoms in total. The molecule has 0 saturated carbocycles. The van der Waals surface area contributed by atoms with Gasteiger partial charge in [-0.1, -0.05) is 30.0 Å². The van der Waals surface area contributed by atoms with E-state index in [-0.39, 0.29) is 26.4 Å². The number of carbonyl (C=O) groups is 1. The van der Waals surface area contributed by atoms with Gasteiger partial charge in [0.25, 0.3) is 5.91 Å². The highest BCUT2D eigenvalue weighted by Crippen LogP contribution is 2.40. The molecular formula is C18H11BrF3NO3S2. The highest BCUT2D eigenvalue weighted by atomic mass is 79.9. The maximum atomic E-state index is 13.0. The molecule has 0 bridgehead atoms. The Bertz CT molecular complexity index is 1010. The molecule has 1 fully saturated rings.